The third kappa shape index (κ3) is 5.01. The van der Waals surface area contributed by atoms with Crippen LogP contribution in [0.3, 0.4) is 0 Å². The van der Waals surface area contributed by atoms with E-state index in [0.29, 0.717) is 6.42 Å². The Morgan fingerprint density at radius 3 is 2.78 bits per heavy atom. The highest BCUT2D eigenvalue weighted by Crippen LogP contribution is 1.92. The van der Waals surface area contributed by atoms with Gasteiger partial charge in [0.25, 0.3) is 0 Å². The second-order valence-corrected chi connectivity index (χ2v) is 1.78. The van der Waals surface area contributed by atoms with Crippen molar-refractivity contribution in [1.29, 1.82) is 0 Å². The maximum Gasteiger partial charge on any atom is 0.155 e. The van der Waals surface area contributed by atoms with Gasteiger partial charge in [-0.05, 0) is 19.4 Å². The lowest BCUT2D eigenvalue weighted by Crippen LogP contribution is -1.88. The van der Waals surface area contributed by atoms with E-state index in [0.717, 1.165) is 6.42 Å². The van der Waals surface area contributed by atoms with Crippen molar-refractivity contribution >= 4 is 5.78 Å². The number of hydrogen-bond acceptors (Lipinski definition) is 1. The molecule has 0 aliphatic rings. The summed E-state index contributed by atoms with van der Waals surface area (Å²) in [6.07, 6.45) is 6.70. The first kappa shape index (κ1) is 8.15. The molecule has 0 N–H and O–H groups in total. The lowest BCUT2D eigenvalue weighted by Gasteiger charge is -1.86. The standard InChI is InChI=1S/C8H12O/c1-3-5-6-7-8(9)4-2/h3-5H,2,6-7H2,1H3/b5-3-. The van der Waals surface area contributed by atoms with Gasteiger partial charge in [-0.15, -0.1) is 0 Å². The van der Waals surface area contributed by atoms with Crippen molar-refractivity contribution in [2.24, 2.45) is 0 Å². The molecule has 0 heterocycles. The van der Waals surface area contributed by atoms with Crippen molar-refractivity contribution in [2.45, 2.75) is 19.8 Å². The van der Waals surface area contributed by atoms with E-state index in [-0.39, 0.29) is 5.78 Å². The molecule has 50 valence electrons. The largest absolute Gasteiger partial charge is 0.295 e. The molecule has 0 aromatic carbocycles. The molecule has 0 aromatic heterocycles. The van der Waals surface area contributed by atoms with Gasteiger partial charge in [0.2, 0.25) is 0 Å². The average Bonchev–Trinajstić information content (AvgIpc) is 1.89. The van der Waals surface area contributed by atoms with E-state index in [9.17, 15) is 4.79 Å². The molecular weight excluding hydrogens is 112 g/mol. The van der Waals surface area contributed by atoms with Crippen LogP contribution in [-0.2, 0) is 4.79 Å². The summed E-state index contributed by atoms with van der Waals surface area (Å²) in [6.45, 7) is 5.31. The fraction of sp³-hybridized carbons (Fsp3) is 0.375. The van der Waals surface area contributed by atoms with E-state index in [2.05, 4.69) is 6.58 Å². The summed E-state index contributed by atoms with van der Waals surface area (Å²) < 4.78 is 0. The Bertz CT molecular complexity index is 123. The Morgan fingerprint density at radius 2 is 2.33 bits per heavy atom. The summed E-state index contributed by atoms with van der Waals surface area (Å²) in [5.41, 5.74) is 0. The van der Waals surface area contributed by atoms with Crippen LogP contribution in [0.15, 0.2) is 24.8 Å². The minimum absolute atomic E-state index is 0.119. The van der Waals surface area contributed by atoms with Gasteiger partial charge in [-0.2, -0.15) is 0 Å². The highest BCUT2D eigenvalue weighted by molar-refractivity contribution is 5.89. The van der Waals surface area contributed by atoms with Crippen LogP contribution in [0, 0.1) is 0 Å². The van der Waals surface area contributed by atoms with Gasteiger partial charge in [0, 0.05) is 6.42 Å². The Labute approximate surface area is 56.1 Å². The highest BCUT2D eigenvalue weighted by Gasteiger charge is 1.89. The second kappa shape index (κ2) is 5.29. The summed E-state index contributed by atoms with van der Waals surface area (Å²) in [5.74, 6) is 0.119. The van der Waals surface area contributed by atoms with Crippen LogP contribution in [0.1, 0.15) is 19.8 Å². The second-order valence-electron chi connectivity index (χ2n) is 1.78. The fourth-order valence-corrected chi connectivity index (χ4v) is 0.494. The molecule has 0 saturated carbocycles. The summed E-state index contributed by atoms with van der Waals surface area (Å²) in [4.78, 5) is 10.5. The zero-order valence-electron chi connectivity index (χ0n) is 5.76. The van der Waals surface area contributed by atoms with Crippen molar-refractivity contribution < 1.29 is 4.79 Å². The Balaban J connectivity index is 3.27. The smallest absolute Gasteiger partial charge is 0.155 e. The number of carbonyl (C=O) groups excluding carboxylic acids is 1. The number of ketones is 1. The molecule has 0 aromatic rings. The predicted octanol–water partition coefficient (Wildman–Crippen LogP) is 2.10. The average molecular weight is 124 g/mol. The molecule has 0 bridgehead atoms. The SMILES string of the molecule is C=CC(=O)CC/C=C\C. The van der Waals surface area contributed by atoms with Gasteiger partial charge in [-0.1, -0.05) is 18.7 Å². The lowest BCUT2D eigenvalue weighted by molar-refractivity contribution is -0.114. The first-order chi connectivity index (χ1) is 4.31. The molecule has 0 unspecified atom stereocenters. The van der Waals surface area contributed by atoms with Gasteiger partial charge < -0.3 is 0 Å². The van der Waals surface area contributed by atoms with Crippen LogP contribution in [0.2, 0.25) is 0 Å². The van der Waals surface area contributed by atoms with Gasteiger partial charge in [0.1, 0.15) is 0 Å². The summed E-state index contributed by atoms with van der Waals surface area (Å²) >= 11 is 0. The molecule has 0 amide bonds. The third-order valence-electron chi connectivity index (χ3n) is 1.02. The molecule has 1 heteroatoms. The summed E-state index contributed by atoms with van der Waals surface area (Å²) in [7, 11) is 0. The van der Waals surface area contributed by atoms with Gasteiger partial charge in [0.05, 0.1) is 0 Å². The molecule has 0 atom stereocenters. The number of carbonyl (C=O) groups is 1. The van der Waals surface area contributed by atoms with E-state index in [1.165, 1.54) is 6.08 Å². The minimum Gasteiger partial charge on any atom is -0.295 e. The van der Waals surface area contributed by atoms with Crippen molar-refractivity contribution in [3.63, 3.8) is 0 Å². The number of rotatable bonds is 4. The van der Waals surface area contributed by atoms with E-state index in [4.69, 9.17) is 0 Å². The molecule has 0 saturated heterocycles. The van der Waals surface area contributed by atoms with Crippen molar-refractivity contribution in [1.82, 2.24) is 0 Å². The van der Waals surface area contributed by atoms with Crippen LogP contribution in [0.25, 0.3) is 0 Å². The van der Waals surface area contributed by atoms with Gasteiger partial charge in [-0.3, -0.25) is 4.79 Å². The van der Waals surface area contributed by atoms with E-state index >= 15 is 0 Å². The third-order valence-corrected chi connectivity index (χ3v) is 1.02. The van der Waals surface area contributed by atoms with E-state index in [1.807, 2.05) is 19.1 Å². The molecular formula is C8H12O. The molecule has 1 nitrogen and oxygen atoms in total. The van der Waals surface area contributed by atoms with Gasteiger partial charge >= 0.3 is 0 Å². The maximum atomic E-state index is 10.5. The van der Waals surface area contributed by atoms with Gasteiger partial charge in [0.15, 0.2) is 5.78 Å². The zero-order chi connectivity index (χ0) is 7.11. The van der Waals surface area contributed by atoms with E-state index in [1.54, 1.807) is 0 Å². The quantitative estimate of drug-likeness (QED) is 0.414. The van der Waals surface area contributed by atoms with Crippen LogP contribution in [0.4, 0.5) is 0 Å². The van der Waals surface area contributed by atoms with Crippen molar-refractivity contribution in [3.8, 4) is 0 Å². The van der Waals surface area contributed by atoms with Gasteiger partial charge in [-0.25, -0.2) is 0 Å². The zero-order valence-corrected chi connectivity index (χ0v) is 5.76. The first-order valence-electron chi connectivity index (χ1n) is 3.07. The molecule has 0 rings (SSSR count). The Morgan fingerprint density at radius 1 is 1.67 bits per heavy atom. The predicted molar refractivity (Wildman–Crippen MR) is 39.3 cm³/mol. The highest BCUT2D eigenvalue weighted by atomic mass is 16.1. The monoisotopic (exact) mass is 124 g/mol. The molecule has 0 aliphatic heterocycles. The Hall–Kier alpha value is -0.850. The summed E-state index contributed by atoms with van der Waals surface area (Å²) in [6, 6.07) is 0. The molecule has 0 aliphatic carbocycles. The number of allylic oxidation sites excluding steroid dienone is 3. The fourth-order valence-electron chi connectivity index (χ4n) is 0.494. The minimum atomic E-state index is 0.119. The molecule has 0 radical (unpaired) electrons. The lowest BCUT2D eigenvalue weighted by atomic mass is 10.2. The first-order valence-corrected chi connectivity index (χ1v) is 3.07. The molecule has 9 heavy (non-hydrogen) atoms. The van der Waals surface area contributed by atoms with Crippen molar-refractivity contribution in [3.05, 3.63) is 24.8 Å². The van der Waals surface area contributed by atoms with Crippen molar-refractivity contribution in [2.75, 3.05) is 0 Å². The van der Waals surface area contributed by atoms with Crippen LogP contribution in [-0.4, -0.2) is 5.78 Å². The van der Waals surface area contributed by atoms with Crippen LogP contribution in [0.5, 0.6) is 0 Å². The number of hydrogen-bond donors (Lipinski definition) is 0. The topological polar surface area (TPSA) is 17.1 Å². The summed E-state index contributed by atoms with van der Waals surface area (Å²) in [5, 5.41) is 0. The molecule has 0 fully saturated rings. The maximum absolute atomic E-state index is 10.5. The van der Waals surface area contributed by atoms with E-state index < -0.39 is 0 Å². The molecule has 0 spiro atoms. The normalized spacial score (nSPS) is 9.89. The van der Waals surface area contributed by atoms with Crippen LogP contribution < -0.4 is 0 Å². The Kier molecular flexibility index (Phi) is 4.79. The van der Waals surface area contributed by atoms with Crippen LogP contribution >= 0.6 is 0 Å².